The summed E-state index contributed by atoms with van der Waals surface area (Å²) in [6, 6.07) is 0. The van der Waals surface area contributed by atoms with Gasteiger partial charge in [0.1, 0.15) is 15.7 Å². The van der Waals surface area contributed by atoms with E-state index in [1.807, 2.05) is 0 Å². The Balaban J connectivity index is 2.55. The fourth-order valence-electron chi connectivity index (χ4n) is 1.45. The molecule has 1 aliphatic heterocycles. The molecule has 1 unspecified atom stereocenters. The van der Waals surface area contributed by atoms with Crippen LogP contribution in [0.3, 0.4) is 0 Å². The van der Waals surface area contributed by atoms with E-state index < -0.39 is 21.8 Å². The monoisotopic (exact) mass is 208 g/mol. The van der Waals surface area contributed by atoms with Crippen molar-refractivity contribution in [2.24, 2.45) is 11.7 Å². The summed E-state index contributed by atoms with van der Waals surface area (Å²) in [4.78, 5) is 0. The minimum absolute atomic E-state index is 0.0192. The summed E-state index contributed by atoms with van der Waals surface area (Å²) in [6.07, 6.45) is -0.915. The Hall–Kier alpha value is -0.650. The van der Waals surface area contributed by atoms with E-state index >= 15 is 0 Å². The van der Waals surface area contributed by atoms with E-state index in [4.69, 9.17) is 11.1 Å². The molecule has 3 N–H and O–H groups in total. The van der Waals surface area contributed by atoms with E-state index in [0.29, 0.717) is 0 Å². The third kappa shape index (κ3) is 2.65. The summed E-state index contributed by atoms with van der Waals surface area (Å²) in [7, 11) is -2.95. The molecule has 0 bridgehead atoms. The van der Waals surface area contributed by atoms with Crippen LogP contribution in [0.5, 0.6) is 0 Å². The van der Waals surface area contributed by atoms with Crippen molar-refractivity contribution in [1.29, 1.82) is 5.41 Å². The van der Waals surface area contributed by atoms with Gasteiger partial charge in [0.2, 0.25) is 0 Å². The van der Waals surface area contributed by atoms with Gasteiger partial charge in [0.15, 0.2) is 6.17 Å². The quantitative estimate of drug-likeness (QED) is 0.498. The van der Waals surface area contributed by atoms with Gasteiger partial charge in [-0.2, -0.15) is 0 Å². The number of halogens is 1. The Labute approximate surface area is 76.7 Å². The Morgan fingerprint density at radius 3 is 2.31 bits per heavy atom. The predicted molar refractivity (Wildman–Crippen MR) is 48.2 cm³/mol. The topological polar surface area (TPSA) is 84.0 Å². The molecule has 4 nitrogen and oxygen atoms in total. The molecule has 1 saturated heterocycles. The fourth-order valence-corrected chi connectivity index (χ4v) is 2.98. The highest BCUT2D eigenvalue weighted by molar-refractivity contribution is 7.91. The van der Waals surface area contributed by atoms with Crippen LogP contribution in [0.1, 0.15) is 12.8 Å². The molecule has 1 aliphatic rings. The van der Waals surface area contributed by atoms with Gasteiger partial charge in [-0.1, -0.05) is 0 Å². The SMILES string of the molecule is N=C(N)C(F)C1CCS(=O)(=O)CC1. The van der Waals surface area contributed by atoms with Gasteiger partial charge in [0.25, 0.3) is 0 Å². The maximum atomic E-state index is 13.1. The lowest BCUT2D eigenvalue weighted by molar-refractivity contribution is 0.279. The van der Waals surface area contributed by atoms with Crippen LogP contribution in [0.2, 0.25) is 0 Å². The third-order valence-corrected chi connectivity index (χ3v) is 4.03. The zero-order chi connectivity index (χ0) is 10.1. The van der Waals surface area contributed by atoms with Crippen molar-refractivity contribution in [3.63, 3.8) is 0 Å². The summed E-state index contributed by atoms with van der Waals surface area (Å²) >= 11 is 0. The molecule has 0 aromatic carbocycles. The summed E-state index contributed by atoms with van der Waals surface area (Å²) in [5, 5.41) is 6.89. The first-order valence-electron chi connectivity index (χ1n) is 4.11. The second-order valence-electron chi connectivity index (χ2n) is 3.35. The first kappa shape index (κ1) is 10.4. The van der Waals surface area contributed by atoms with Crippen molar-refractivity contribution in [3.8, 4) is 0 Å². The van der Waals surface area contributed by atoms with Crippen LogP contribution in [0.15, 0.2) is 0 Å². The predicted octanol–water partition coefficient (Wildman–Crippen LogP) is 0.0853. The van der Waals surface area contributed by atoms with Gasteiger partial charge in [0, 0.05) is 0 Å². The number of nitrogens with two attached hydrogens (primary N) is 1. The molecule has 1 rings (SSSR count). The van der Waals surface area contributed by atoms with E-state index in [-0.39, 0.29) is 30.3 Å². The molecule has 6 heteroatoms. The molecule has 0 saturated carbocycles. The summed E-state index contributed by atoms with van der Waals surface area (Å²) in [6.45, 7) is 0. The standard InChI is InChI=1S/C7H13FN2O2S/c8-6(7(9)10)5-1-3-13(11,12)4-2-5/h5-6H,1-4H2,(H3,9,10). The zero-order valence-corrected chi connectivity index (χ0v) is 7.98. The smallest absolute Gasteiger partial charge is 0.159 e. The minimum atomic E-state index is -2.95. The van der Waals surface area contributed by atoms with Gasteiger partial charge in [0.05, 0.1) is 11.5 Å². The highest BCUT2D eigenvalue weighted by Gasteiger charge is 2.30. The maximum absolute atomic E-state index is 13.1. The number of hydrogen-bond acceptors (Lipinski definition) is 3. The van der Waals surface area contributed by atoms with Crippen LogP contribution < -0.4 is 5.73 Å². The highest BCUT2D eigenvalue weighted by atomic mass is 32.2. The largest absolute Gasteiger partial charge is 0.385 e. The van der Waals surface area contributed by atoms with Crippen molar-refractivity contribution in [1.82, 2.24) is 0 Å². The average molecular weight is 208 g/mol. The third-order valence-electron chi connectivity index (χ3n) is 2.31. The molecule has 0 radical (unpaired) electrons. The number of sulfone groups is 1. The second kappa shape index (κ2) is 3.61. The molecule has 1 heterocycles. The van der Waals surface area contributed by atoms with Gasteiger partial charge < -0.3 is 5.73 Å². The second-order valence-corrected chi connectivity index (χ2v) is 5.65. The van der Waals surface area contributed by atoms with E-state index in [1.54, 1.807) is 0 Å². The number of amidine groups is 1. The molecule has 0 aliphatic carbocycles. The summed E-state index contributed by atoms with van der Waals surface area (Å²) in [5.41, 5.74) is 4.99. The van der Waals surface area contributed by atoms with Gasteiger partial charge in [-0.25, -0.2) is 12.8 Å². The van der Waals surface area contributed by atoms with Gasteiger partial charge in [-0.15, -0.1) is 0 Å². The van der Waals surface area contributed by atoms with E-state index in [9.17, 15) is 12.8 Å². The van der Waals surface area contributed by atoms with Crippen molar-refractivity contribution in [2.45, 2.75) is 19.0 Å². The lowest BCUT2D eigenvalue weighted by atomic mass is 9.96. The van der Waals surface area contributed by atoms with Gasteiger partial charge >= 0.3 is 0 Å². The molecular weight excluding hydrogens is 195 g/mol. The number of nitrogens with one attached hydrogen (secondary N) is 1. The lowest BCUT2D eigenvalue weighted by Crippen LogP contribution is -2.36. The van der Waals surface area contributed by atoms with Gasteiger partial charge in [-0.05, 0) is 18.8 Å². The summed E-state index contributed by atoms with van der Waals surface area (Å²) < 4.78 is 35.1. The molecule has 0 spiro atoms. The Morgan fingerprint density at radius 2 is 1.92 bits per heavy atom. The number of hydrogen-bond donors (Lipinski definition) is 2. The van der Waals surface area contributed by atoms with Crippen LogP contribution >= 0.6 is 0 Å². The first-order chi connectivity index (χ1) is 5.92. The Bertz CT molecular complexity index is 288. The molecular formula is C7H13FN2O2S. The van der Waals surface area contributed by atoms with Crippen molar-refractivity contribution < 1.29 is 12.8 Å². The van der Waals surface area contributed by atoms with Crippen molar-refractivity contribution in [3.05, 3.63) is 0 Å². The molecule has 13 heavy (non-hydrogen) atoms. The molecule has 0 amide bonds. The Kier molecular flexibility index (Phi) is 2.90. The first-order valence-corrected chi connectivity index (χ1v) is 5.93. The maximum Gasteiger partial charge on any atom is 0.159 e. The minimum Gasteiger partial charge on any atom is -0.385 e. The normalized spacial score (nSPS) is 25.3. The van der Waals surface area contributed by atoms with Crippen molar-refractivity contribution >= 4 is 15.7 Å². The number of alkyl halides is 1. The zero-order valence-electron chi connectivity index (χ0n) is 7.16. The Morgan fingerprint density at radius 1 is 1.46 bits per heavy atom. The average Bonchev–Trinajstić information content (AvgIpc) is 2.03. The molecule has 1 atom stereocenters. The lowest BCUT2D eigenvalue weighted by Gasteiger charge is -2.24. The summed E-state index contributed by atoms with van der Waals surface area (Å²) in [5.74, 6) is -0.846. The van der Waals surface area contributed by atoms with Crippen LogP contribution in [-0.4, -0.2) is 31.9 Å². The van der Waals surface area contributed by atoms with Crippen LogP contribution in [-0.2, 0) is 9.84 Å². The van der Waals surface area contributed by atoms with E-state index in [0.717, 1.165) is 0 Å². The molecule has 0 aromatic heterocycles. The van der Waals surface area contributed by atoms with Gasteiger partial charge in [-0.3, -0.25) is 5.41 Å². The van der Waals surface area contributed by atoms with Crippen LogP contribution in [0, 0.1) is 11.3 Å². The fraction of sp³-hybridized carbons (Fsp3) is 0.857. The van der Waals surface area contributed by atoms with Crippen molar-refractivity contribution in [2.75, 3.05) is 11.5 Å². The number of rotatable bonds is 2. The van der Waals surface area contributed by atoms with Crippen LogP contribution in [0.25, 0.3) is 0 Å². The van der Waals surface area contributed by atoms with E-state index in [2.05, 4.69) is 0 Å². The highest BCUT2D eigenvalue weighted by Crippen LogP contribution is 2.23. The van der Waals surface area contributed by atoms with E-state index in [1.165, 1.54) is 0 Å². The van der Waals surface area contributed by atoms with Crippen LogP contribution in [0.4, 0.5) is 4.39 Å². The molecule has 1 fully saturated rings. The molecule has 76 valence electrons. The molecule has 0 aromatic rings.